The monoisotopic (exact) mass is 505 g/mol. The standard InChI is InChI=1S/C31H23BF3N3/c1-20-14-16-36-29(17-20)38-27-11-4-3-9-24(27)25-13-12-22(19-28(25)38)21-7-5-8-23(18-21)32(2)30-26(31(33,34)35)10-6-15-37-30/h3-19H,1-2H3. The Balaban J connectivity index is 1.49. The molecule has 3 aromatic heterocycles. The Hall–Kier alpha value is -4.39. The number of alkyl halides is 3. The molecule has 0 fully saturated rings. The van der Waals surface area contributed by atoms with Gasteiger partial charge < -0.3 is 0 Å². The van der Waals surface area contributed by atoms with Gasteiger partial charge in [0.05, 0.1) is 16.6 Å². The largest absolute Gasteiger partial charge is 0.417 e. The SMILES string of the molecule is CB(c1cccc(-c2ccc3c4ccccc4n(-c4cc(C)ccn4)c3c2)c1)c1ncccc1C(F)(F)F. The molecular weight excluding hydrogens is 482 g/mol. The summed E-state index contributed by atoms with van der Waals surface area (Å²) in [6.45, 7) is 3.28. The van der Waals surface area contributed by atoms with Crippen molar-refractivity contribution in [2.24, 2.45) is 0 Å². The van der Waals surface area contributed by atoms with Crippen molar-refractivity contribution in [2.45, 2.75) is 19.9 Å². The zero-order chi connectivity index (χ0) is 26.4. The summed E-state index contributed by atoms with van der Waals surface area (Å²) >= 11 is 0. The molecule has 0 aliphatic carbocycles. The second-order valence-electron chi connectivity index (χ2n) is 9.56. The molecule has 0 spiro atoms. The molecule has 0 N–H and O–H groups in total. The van der Waals surface area contributed by atoms with E-state index in [1.165, 1.54) is 12.3 Å². The first-order valence-electron chi connectivity index (χ1n) is 12.4. The minimum atomic E-state index is -4.46. The van der Waals surface area contributed by atoms with Crippen molar-refractivity contribution in [1.29, 1.82) is 0 Å². The fourth-order valence-electron chi connectivity index (χ4n) is 5.19. The third-order valence-electron chi connectivity index (χ3n) is 7.08. The van der Waals surface area contributed by atoms with Crippen LogP contribution in [0.25, 0.3) is 38.8 Å². The third kappa shape index (κ3) is 4.14. The van der Waals surface area contributed by atoms with Gasteiger partial charge in [0.25, 0.3) is 0 Å². The molecule has 0 saturated heterocycles. The number of benzene rings is 3. The lowest BCUT2D eigenvalue weighted by Crippen LogP contribution is -2.44. The topological polar surface area (TPSA) is 30.7 Å². The Morgan fingerprint density at radius 2 is 1.50 bits per heavy atom. The minimum absolute atomic E-state index is 0.0262. The van der Waals surface area contributed by atoms with Crippen molar-refractivity contribution in [3.63, 3.8) is 0 Å². The second-order valence-corrected chi connectivity index (χ2v) is 9.56. The van der Waals surface area contributed by atoms with Crippen LogP contribution in [-0.2, 0) is 6.18 Å². The van der Waals surface area contributed by atoms with E-state index in [0.29, 0.717) is 0 Å². The van der Waals surface area contributed by atoms with Crippen LogP contribution in [-0.4, -0.2) is 21.2 Å². The summed E-state index contributed by atoms with van der Waals surface area (Å²) in [6, 6.07) is 28.7. The molecule has 38 heavy (non-hydrogen) atoms. The average molecular weight is 505 g/mol. The number of fused-ring (bicyclic) bond motifs is 3. The van der Waals surface area contributed by atoms with Gasteiger partial charge in [-0.25, -0.2) is 4.98 Å². The normalized spacial score (nSPS) is 11.8. The Kier molecular flexibility index (Phi) is 5.79. The van der Waals surface area contributed by atoms with Crippen molar-refractivity contribution in [2.75, 3.05) is 0 Å². The Labute approximate surface area is 218 Å². The molecule has 0 aliphatic heterocycles. The number of nitrogens with zero attached hydrogens (tertiary/aromatic N) is 3. The molecule has 0 aliphatic rings. The van der Waals surface area contributed by atoms with Gasteiger partial charge in [0, 0.05) is 28.8 Å². The van der Waals surface area contributed by atoms with Gasteiger partial charge in [0.15, 0.2) is 0 Å². The summed E-state index contributed by atoms with van der Waals surface area (Å²) < 4.78 is 43.1. The molecule has 186 valence electrons. The number of rotatable bonds is 4. The number of hydrogen-bond donors (Lipinski definition) is 0. The fourth-order valence-corrected chi connectivity index (χ4v) is 5.19. The zero-order valence-corrected chi connectivity index (χ0v) is 20.9. The van der Waals surface area contributed by atoms with Crippen LogP contribution in [0, 0.1) is 6.92 Å². The van der Waals surface area contributed by atoms with Crippen LogP contribution >= 0.6 is 0 Å². The highest BCUT2D eigenvalue weighted by molar-refractivity contribution is 6.83. The van der Waals surface area contributed by atoms with Crippen molar-refractivity contribution in [1.82, 2.24) is 14.5 Å². The van der Waals surface area contributed by atoms with Crippen LogP contribution in [0.5, 0.6) is 0 Å². The zero-order valence-electron chi connectivity index (χ0n) is 20.9. The highest BCUT2D eigenvalue weighted by Gasteiger charge is 2.36. The van der Waals surface area contributed by atoms with Crippen molar-refractivity contribution < 1.29 is 13.2 Å². The number of pyridine rings is 2. The molecular formula is C31H23BF3N3. The van der Waals surface area contributed by atoms with Gasteiger partial charge in [0.1, 0.15) is 5.82 Å². The third-order valence-corrected chi connectivity index (χ3v) is 7.08. The molecule has 0 radical (unpaired) electrons. The lowest BCUT2D eigenvalue weighted by Gasteiger charge is -2.16. The van der Waals surface area contributed by atoms with Crippen LogP contribution < -0.4 is 11.1 Å². The number of hydrogen-bond acceptors (Lipinski definition) is 2. The van der Waals surface area contributed by atoms with Gasteiger partial charge in [-0.1, -0.05) is 66.9 Å². The molecule has 0 atom stereocenters. The lowest BCUT2D eigenvalue weighted by atomic mass is 9.43. The van der Waals surface area contributed by atoms with E-state index in [1.54, 1.807) is 6.82 Å². The first-order valence-corrected chi connectivity index (χ1v) is 12.4. The van der Waals surface area contributed by atoms with Gasteiger partial charge in [0.2, 0.25) is 6.71 Å². The van der Waals surface area contributed by atoms with Crippen molar-refractivity contribution in [3.05, 3.63) is 115 Å². The van der Waals surface area contributed by atoms with Gasteiger partial charge >= 0.3 is 6.18 Å². The van der Waals surface area contributed by atoms with Crippen LogP contribution in [0.2, 0.25) is 6.82 Å². The molecule has 3 aromatic carbocycles. The number of aryl methyl sites for hydroxylation is 1. The second kappa shape index (κ2) is 9.17. The Morgan fingerprint density at radius 1 is 0.711 bits per heavy atom. The maximum Gasteiger partial charge on any atom is 0.417 e. The van der Waals surface area contributed by atoms with Crippen molar-refractivity contribution in [3.8, 4) is 16.9 Å². The molecule has 3 heterocycles. The first-order chi connectivity index (χ1) is 18.3. The molecule has 0 unspecified atom stereocenters. The quantitative estimate of drug-likeness (QED) is 0.247. The number of aromatic nitrogens is 3. The highest BCUT2D eigenvalue weighted by atomic mass is 19.4. The molecule has 0 amide bonds. The summed E-state index contributed by atoms with van der Waals surface area (Å²) in [5, 5.41) is 2.25. The first kappa shape index (κ1) is 24.0. The van der Waals surface area contributed by atoms with Gasteiger partial charge in [-0.15, -0.1) is 0 Å². The van der Waals surface area contributed by atoms with Crippen LogP contribution in [0.15, 0.2) is 103 Å². The van der Waals surface area contributed by atoms with Gasteiger partial charge in [-0.3, -0.25) is 9.55 Å². The molecule has 6 aromatic rings. The van der Waals surface area contributed by atoms with E-state index >= 15 is 0 Å². The van der Waals surface area contributed by atoms with E-state index < -0.39 is 18.5 Å². The highest BCUT2D eigenvalue weighted by Crippen LogP contribution is 2.34. The smallest absolute Gasteiger partial charge is 0.294 e. The lowest BCUT2D eigenvalue weighted by molar-refractivity contribution is -0.136. The fraction of sp³-hybridized carbons (Fsp3) is 0.0968. The minimum Gasteiger partial charge on any atom is -0.294 e. The number of halogens is 3. The summed E-state index contributed by atoms with van der Waals surface area (Å²) in [6.07, 6.45) is -1.23. The van der Waals surface area contributed by atoms with E-state index in [1.807, 2.05) is 55.6 Å². The predicted molar refractivity (Wildman–Crippen MR) is 149 cm³/mol. The van der Waals surface area contributed by atoms with Gasteiger partial charge in [-0.05, 0) is 60.0 Å². The van der Waals surface area contributed by atoms with E-state index in [2.05, 4.69) is 50.9 Å². The molecule has 0 bridgehead atoms. The maximum absolute atomic E-state index is 13.7. The average Bonchev–Trinajstić information content (AvgIpc) is 3.26. The van der Waals surface area contributed by atoms with Crippen LogP contribution in [0.3, 0.4) is 0 Å². The van der Waals surface area contributed by atoms with Gasteiger partial charge in [-0.2, -0.15) is 13.2 Å². The van der Waals surface area contributed by atoms with Crippen molar-refractivity contribution >= 4 is 39.6 Å². The predicted octanol–water partition coefficient (Wildman–Crippen LogP) is 6.81. The summed E-state index contributed by atoms with van der Waals surface area (Å²) in [4.78, 5) is 8.76. The summed E-state index contributed by atoms with van der Waals surface area (Å²) in [5.41, 5.74) is 5.20. The molecule has 3 nitrogen and oxygen atoms in total. The van der Waals surface area contributed by atoms with Crippen LogP contribution in [0.4, 0.5) is 13.2 Å². The number of para-hydroxylation sites is 1. The van der Waals surface area contributed by atoms with E-state index in [4.69, 9.17) is 0 Å². The Morgan fingerprint density at radius 3 is 2.32 bits per heavy atom. The van der Waals surface area contributed by atoms with E-state index in [9.17, 15) is 13.2 Å². The van der Waals surface area contributed by atoms with Crippen LogP contribution in [0.1, 0.15) is 11.1 Å². The summed E-state index contributed by atoms with van der Waals surface area (Å²) in [5.74, 6) is 0.838. The summed E-state index contributed by atoms with van der Waals surface area (Å²) in [7, 11) is 0. The Bertz CT molecular complexity index is 1810. The van der Waals surface area contributed by atoms with E-state index in [-0.39, 0.29) is 5.59 Å². The molecule has 0 saturated carbocycles. The van der Waals surface area contributed by atoms with E-state index in [0.717, 1.165) is 55.8 Å². The molecule has 7 heteroatoms. The maximum atomic E-state index is 13.7. The molecule has 6 rings (SSSR count).